The molecule has 0 spiro atoms. The van der Waals surface area contributed by atoms with Crippen molar-refractivity contribution in [1.82, 2.24) is 26.0 Å². The largest absolute Gasteiger partial charge is 0.351 e. The van der Waals surface area contributed by atoms with Gasteiger partial charge >= 0.3 is 5.91 Å². The molecule has 2 N–H and O–H groups in total. The van der Waals surface area contributed by atoms with Crippen LogP contribution in [0.3, 0.4) is 0 Å². The number of thioether (sulfide) groups is 1. The van der Waals surface area contributed by atoms with E-state index in [2.05, 4.69) is 26.0 Å². The Morgan fingerprint density at radius 3 is 2.18 bits per heavy atom. The summed E-state index contributed by atoms with van der Waals surface area (Å²) in [6, 6.07) is 10.5. The predicted octanol–water partition coefficient (Wildman–Crippen LogP) is 2.76. The van der Waals surface area contributed by atoms with Crippen LogP contribution in [-0.4, -0.2) is 26.9 Å². The molecule has 28 heavy (non-hydrogen) atoms. The number of carbonyl (C=O) groups excluding carboxylic acids is 2. The molecule has 0 fully saturated rings. The van der Waals surface area contributed by atoms with Crippen molar-refractivity contribution in [2.75, 3.05) is 0 Å². The number of aryl methyl sites for hydroxylation is 3. The first-order valence-electron chi connectivity index (χ1n) is 8.49. The highest BCUT2D eigenvalue weighted by molar-refractivity contribution is 7.98. The molecule has 0 aliphatic carbocycles. The number of aromatic nitrogens is 3. The second-order valence-electron chi connectivity index (χ2n) is 6.16. The molecule has 2 amide bonds. The van der Waals surface area contributed by atoms with Crippen molar-refractivity contribution in [1.29, 1.82) is 0 Å². The second kappa shape index (κ2) is 8.66. The molecule has 8 nitrogen and oxygen atoms in total. The maximum absolute atomic E-state index is 12.2. The number of amides is 2. The number of nitrogens with one attached hydrogen (secondary N) is 2. The first-order valence-corrected chi connectivity index (χ1v) is 9.47. The average Bonchev–Trinajstić information content (AvgIpc) is 3.10. The fraction of sp³-hybridized carbons (Fsp3) is 0.211. The van der Waals surface area contributed by atoms with Crippen LogP contribution in [0.5, 0.6) is 0 Å². The lowest BCUT2D eigenvalue weighted by atomic mass is 10.1. The molecule has 144 valence electrons. The quantitative estimate of drug-likeness (QED) is 0.387. The molecule has 0 atom stereocenters. The van der Waals surface area contributed by atoms with E-state index in [-0.39, 0.29) is 5.76 Å². The minimum absolute atomic E-state index is 0.0266. The molecule has 2 heterocycles. The summed E-state index contributed by atoms with van der Waals surface area (Å²) < 4.78 is 4.83. The van der Waals surface area contributed by atoms with Gasteiger partial charge in [0, 0.05) is 28.8 Å². The van der Waals surface area contributed by atoms with Crippen LogP contribution in [-0.2, 0) is 5.75 Å². The summed E-state index contributed by atoms with van der Waals surface area (Å²) in [6.07, 6.45) is 0. The van der Waals surface area contributed by atoms with E-state index in [1.807, 2.05) is 32.0 Å². The third kappa shape index (κ3) is 5.17. The standard InChI is InChI=1S/C19H19N5O3S/c1-11-8-12(2)21-19(20-11)28-10-14-4-6-15(7-5-14)17(25)22-23-18(26)16-9-13(3)24-27-16/h4-9H,10H2,1-3H3,(H,22,25)(H,23,26). The number of hydrogen-bond acceptors (Lipinski definition) is 7. The van der Waals surface area contributed by atoms with Gasteiger partial charge < -0.3 is 4.52 Å². The van der Waals surface area contributed by atoms with Crippen LogP contribution in [0.1, 0.15) is 43.6 Å². The Bertz CT molecular complexity index is 981. The summed E-state index contributed by atoms with van der Waals surface area (Å²) in [5.41, 5.74) is 8.54. The van der Waals surface area contributed by atoms with Gasteiger partial charge in [0.05, 0.1) is 5.69 Å². The molecular formula is C19H19N5O3S. The van der Waals surface area contributed by atoms with Crippen LogP contribution in [0, 0.1) is 20.8 Å². The number of hydrazine groups is 1. The lowest BCUT2D eigenvalue weighted by Gasteiger charge is -2.07. The maximum atomic E-state index is 12.2. The molecule has 0 aliphatic heterocycles. The van der Waals surface area contributed by atoms with Crippen LogP contribution >= 0.6 is 11.8 Å². The van der Waals surface area contributed by atoms with Gasteiger partial charge in [0.25, 0.3) is 5.91 Å². The molecule has 1 aromatic carbocycles. The molecule has 9 heteroatoms. The van der Waals surface area contributed by atoms with Crippen molar-refractivity contribution in [2.24, 2.45) is 0 Å². The monoisotopic (exact) mass is 397 g/mol. The lowest BCUT2D eigenvalue weighted by Crippen LogP contribution is -2.41. The van der Waals surface area contributed by atoms with Gasteiger partial charge in [0.1, 0.15) is 0 Å². The highest BCUT2D eigenvalue weighted by Gasteiger charge is 2.13. The van der Waals surface area contributed by atoms with Gasteiger partial charge in [-0.3, -0.25) is 20.4 Å². The molecule has 0 saturated carbocycles. The number of rotatable bonds is 5. The molecule has 2 aromatic heterocycles. The summed E-state index contributed by atoms with van der Waals surface area (Å²) in [4.78, 5) is 32.8. The average molecular weight is 397 g/mol. The summed E-state index contributed by atoms with van der Waals surface area (Å²) in [5.74, 6) is -0.289. The highest BCUT2D eigenvalue weighted by atomic mass is 32.2. The fourth-order valence-corrected chi connectivity index (χ4v) is 3.28. The Kier molecular flexibility index (Phi) is 6.05. The molecular weight excluding hydrogens is 378 g/mol. The van der Waals surface area contributed by atoms with Gasteiger partial charge in [-0.1, -0.05) is 29.1 Å². The van der Waals surface area contributed by atoms with Crippen molar-refractivity contribution in [3.63, 3.8) is 0 Å². The van der Waals surface area contributed by atoms with Gasteiger partial charge in [0.2, 0.25) is 5.76 Å². The Hall–Kier alpha value is -3.20. The number of nitrogens with zero attached hydrogens (tertiary/aromatic N) is 3. The highest BCUT2D eigenvalue weighted by Crippen LogP contribution is 2.20. The Balaban J connectivity index is 1.53. The summed E-state index contributed by atoms with van der Waals surface area (Å²) in [5, 5.41) is 4.35. The third-order valence-corrected chi connectivity index (χ3v) is 4.61. The number of hydrogen-bond donors (Lipinski definition) is 2. The van der Waals surface area contributed by atoms with E-state index in [1.54, 1.807) is 19.1 Å². The summed E-state index contributed by atoms with van der Waals surface area (Å²) >= 11 is 1.53. The maximum Gasteiger partial charge on any atom is 0.308 e. The summed E-state index contributed by atoms with van der Waals surface area (Å²) in [6.45, 7) is 5.58. The molecule has 3 rings (SSSR count). The Morgan fingerprint density at radius 2 is 1.57 bits per heavy atom. The summed E-state index contributed by atoms with van der Waals surface area (Å²) in [7, 11) is 0. The van der Waals surface area contributed by atoms with Crippen molar-refractivity contribution < 1.29 is 14.1 Å². The molecule has 0 saturated heterocycles. The van der Waals surface area contributed by atoms with E-state index in [1.165, 1.54) is 17.8 Å². The number of benzene rings is 1. The van der Waals surface area contributed by atoms with Gasteiger partial charge in [-0.2, -0.15) is 0 Å². The zero-order valence-corrected chi connectivity index (χ0v) is 16.5. The van der Waals surface area contributed by atoms with Crippen LogP contribution in [0.25, 0.3) is 0 Å². The lowest BCUT2D eigenvalue weighted by molar-refractivity contribution is 0.0825. The SMILES string of the molecule is Cc1cc(C(=O)NNC(=O)c2ccc(CSc3nc(C)cc(C)n3)cc2)on1. The van der Waals surface area contributed by atoms with Crippen molar-refractivity contribution in [3.05, 3.63) is 70.4 Å². The van der Waals surface area contributed by atoms with Crippen molar-refractivity contribution in [2.45, 2.75) is 31.7 Å². The van der Waals surface area contributed by atoms with Crippen molar-refractivity contribution in [3.8, 4) is 0 Å². The molecule has 0 unspecified atom stereocenters. The number of carbonyl (C=O) groups is 2. The van der Waals surface area contributed by atoms with E-state index in [9.17, 15) is 9.59 Å². The van der Waals surface area contributed by atoms with Crippen molar-refractivity contribution >= 4 is 23.6 Å². The topological polar surface area (TPSA) is 110 Å². The van der Waals surface area contributed by atoms with Gasteiger partial charge in [0.15, 0.2) is 5.16 Å². The zero-order valence-electron chi connectivity index (χ0n) is 15.6. The van der Waals surface area contributed by atoms with E-state index >= 15 is 0 Å². The van der Waals surface area contributed by atoms with E-state index in [0.29, 0.717) is 17.0 Å². The zero-order chi connectivity index (χ0) is 20.1. The third-order valence-electron chi connectivity index (χ3n) is 3.69. The fourth-order valence-electron chi connectivity index (χ4n) is 2.38. The predicted molar refractivity (Wildman–Crippen MR) is 104 cm³/mol. The van der Waals surface area contributed by atoms with Crippen LogP contribution < -0.4 is 10.9 Å². The minimum atomic E-state index is -0.574. The Morgan fingerprint density at radius 1 is 0.929 bits per heavy atom. The van der Waals surface area contributed by atoms with E-state index < -0.39 is 11.8 Å². The first-order chi connectivity index (χ1) is 13.4. The molecule has 0 aliphatic rings. The normalized spacial score (nSPS) is 10.5. The van der Waals surface area contributed by atoms with E-state index in [4.69, 9.17) is 4.52 Å². The Labute approximate surface area is 166 Å². The molecule has 0 bridgehead atoms. The van der Waals surface area contributed by atoms with Gasteiger partial charge in [-0.05, 0) is 44.5 Å². The smallest absolute Gasteiger partial charge is 0.308 e. The molecule has 0 radical (unpaired) electrons. The van der Waals surface area contributed by atoms with Crippen LogP contribution in [0.2, 0.25) is 0 Å². The van der Waals surface area contributed by atoms with E-state index in [0.717, 1.165) is 22.1 Å². The van der Waals surface area contributed by atoms with Gasteiger partial charge in [-0.25, -0.2) is 9.97 Å². The second-order valence-corrected chi connectivity index (χ2v) is 7.10. The minimum Gasteiger partial charge on any atom is -0.351 e. The van der Waals surface area contributed by atoms with Gasteiger partial charge in [-0.15, -0.1) is 0 Å². The van der Waals surface area contributed by atoms with Crippen LogP contribution in [0.15, 0.2) is 46.1 Å². The van der Waals surface area contributed by atoms with Crippen LogP contribution in [0.4, 0.5) is 0 Å². The first kappa shape index (κ1) is 19.6. The molecule has 3 aromatic rings.